The summed E-state index contributed by atoms with van der Waals surface area (Å²) < 4.78 is 9.96. The zero-order chi connectivity index (χ0) is 32.2. The summed E-state index contributed by atoms with van der Waals surface area (Å²) in [5, 5.41) is 20.2. The Morgan fingerprint density at radius 3 is 2.14 bits per heavy atom. The Hall–Kier alpha value is -3.93. The molecule has 5 N–H and O–H groups in total. The van der Waals surface area contributed by atoms with Gasteiger partial charge in [0.1, 0.15) is 24.7 Å². The molecule has 0 unspecified atom stereocenters. The summed E-state index contributed by atoms with van der Waals surface area (Å²) >= 11 is 0. The molecule has 12 nitrogen and oxygen atoms in total. The van der Waals surface area contributed by atoms with Gasteiger partial charge in [0.2, 0.25) is 17.7 Å². The number of rotatable bonds is 20. The van der Waals surface area contributed by atoms with E-state index in [4.69, 9.17) is 9.47 Å². The molecule has 0 saturated heterocycles. The van der Waals surface area contributed by atoms with Crippen LogP contribution in [0.1, 0.15) is 71.8 Å². The van der Waals surface area contributed by atoms with E-state index < -0.39 is 48.6 Å². The first-order chi connectivity index (χ1) is 20.5. The molecule has 1 aromatic carbocycles. The third-order valence-electron chi connectivity index (χ3n) is 6.40. The van der Waals surface area contributed by atoms with Gasteiger partial charge in [0.25, 0.3) is 0 Å². The smallest absolute Gasteiger partial charge is 0.407 e. The molecule has 0 radical (unpaired) electrons. The fourth-order valence-corrected chi connectivity index (χ4v) is 4.09. The SMILES string of the molecule is C=COC(=O)[C@H](CC(C)C)NC(=O)[C@H](CO)NC(=O)[C@@H](NC(=O)CCCCCCNC(=O)OCc1ccccc1)C(C)C. The van der Waals surface area contributed by atoms with Crippen molar-refractivity contribution in [3.63, 3.8) is 0 Å². The normalized spacial score (nSPS) is 12.9. The van der Waals surface area contributed by atoms with Crippen LogP contribution in [0.4, 0.5) is 4.79 Å². The number of ether oxygens (including phenoxy) is 2. The monoisotopic (exact) mass is 604 g/mol. The van der Waals surface area contributed by atoms with E-state index in [-0.39, 0.29) is 37.2 Å². The average molecular weight is 605 g/mol. The third kappa shape index (κ3) is 15.8. The molecule has 0 aromatic heterocycles. The van der Waals surface area contributed by atoms with E-state index in [2.05, 4.69) is 27.8 Å². The minimum Gasteiger partial charge on any atom is -0.445 e. The highest BCUT2D eigenvalue weighted by Crippen LogP contribution is 2.09. The van der Waals surface area contributed by atoms with E-state index in [1.807, 2.05) is 44.2 Å². The van der Waals surface area contributed by atoms with Crippen LogP contribution in [-0.4, -0.2) is 66.2 Å². The third-order valence-corrected chi connectivity index (χ3v) is 6.40. The van der Waals surface area contributed by atoms with E-state index >= 15 is 0 Å². The molecule has 1 aromatic rings. The number of carbonyl (C=O) groups excluding carboxylic acids is 5. The van der Waals surface area contributed by atoms with Crippen molar-refractivity contribution in [3.8, 4) is 0 Å². The quantitative estimate of drug-likeness (QED) is 0.0859. The van der Waals surface area contributed by atoms with Gasteiger partial charge in [0.05, 0.1) is 12.9 Å². The fourth-order valence-electron chi connectivity index (χ4n) is 4.09. The van der Waals surface area contributed by atoms with E-state index in [1.165, 1.54) is 0 Å². The van der Waals surface area contributed by atoms with Crippen molar-refractivity contribution in [2.75, 3.05) is 13.2 Å². The molecule has 0 aliphatic heterocycles. The summed E-state index contributed by atoms with van der Waals surface area (Å²) in [5.41, 5.74) is 0.908. The Morgan fingerprint density at radius 1 is 0.884 bits per heavy atom. The van der Waals surface area contributed by atoms with Crippen LogP contribution in [0.15, 0.2) is 43.2 Å². The van der Waals surface area contributed by atoms with Gasteiger partial charge in [0.15, 0.2) is 0 Å². The lowest BCUT2D eigenvalue weighted by molar-refractivity contribution is -0.143. The first-order valence-electron chi connectivity index (χ1n) is 14.7. The number of hydrogen-bond donors (Lipinski definition) is 5. The summed E-state index contributed by atoms with van der Waals surface area (Å²) in [6.07, 6.45) is 3.85. The molecule has 0 aliphatic carbocycles. The lowest BCUT2D eigenvalue weighted by atomic mass is 10.0. The maximum absolute atomic E-state index is 13.0. The van der Waals surface area contributed by atoms with E-state index in [1.54, 1.807) is 13.8 Å². The maximum Gasteiger partial charge on any atom is 0.407 e. The van der Waals surface area contributed by atoms with Crippen LogP contribution >= 0.6 is 0 Å². The van der Waals surface area contributed by atoms with Crippen molar-refractivity contribution < 1.29 is 38.6 Å². The molecular formula is C31H48N4O8. The number of esters is 1. The minimum absolute atomic E-state index is 0.0519. The van der Waals surface area contributed by atoms with Gasteiger partial charge < -0.3 is 35.8 Å². The summed E-state index contributed by atoms with van der Waals surface area (Å²) in [6.45, 7) is 10.5. The zero-order valence-electron chi connectivity index (χ0n) is 25.7. The predicted octanol–water partition coefficient (Wildman–Crippen LogP) is 2.70. The molecule has 12 heteroatoms. The Kier molecular flexibility index (Phi) is 18.0. The largest absolute Gasteiger partial charge is 0.445 e. The van der Waals surface area contributed by atoms with Crippen molar-refractivity contribution in [3.05, 3.63) is 48.7 Å². The fraction of sp³-hybridized carbons (Fsp3) is 0.581. The second kappa shape index (κ2) is 20.9. The van der Waals surface area contributed by atoms with Crippen molar-refractivity contribution in [2.45, 2.75) is 91.0 Å². The molecule has 43 heavy (non-hydrogen) atoms. The summed E-state index contributed by atoms with van der Waals surface area (Å²) in [4.78, 5) is 62.3. The average Bonchev–Trinajstić information content (AvgIpc) is 2.96. The molecule has 1 rings (SSSR count). The number of carbonyl (C=O) groups is 5. The molecule has 240 valence electrons. The molecule has 0 fully saturated rings. The van der Waals surface area contributed by atoms with Crippen molar-refractivity contribution in [2.24, 2.45) is 11.8 Å². The topological polar surface area (TPSA) is 172 Å². The number of nitrogens with one attached hydrogen (secondary N) is 4. The lowest BCUT2D eigenvalue weighted by Crippen LogP contribution is -2.58. The molecule has 3 atom stereocenters. The van der Waals surface area contributed by atoms with Gasteiger partial charge in [-0.05, 0) is 36.7 Å². The second-order valence-corrected chi connectivity index (χ2v) is 11.0. The Bertz CT molecular complexity index is 1030. The van der Waals surface area contributed by atoms with E-state index in [9.17, 15) is 29.1 Å². The molecule has 0 heterocycles. The number of benzene rings is 1. The second-order valence-electron chi connectivity index (χ2n) is 11.0. The molecule has 0 saturated carbocycles. The van der Waals surface area contributed by atoms with Crippen LogP contribution in [0.5, 0.6) is 0 Å². The lowest BCUT2D eigenvalue weighted by Gasteiger charge is -2.26. The molecule has 0 spiro atoms. The Balaban J connectivity index is 2.43. The van der Waals surface area contributed by atoms with Crippen molar-refractivity contribution >= 4 is 29.8 Å². The zero-order valence-corrected chi connectivity index (χ0v) is 25.7. The molecule has 4 amide bonds. The summed E-state index contributed by atoms with van der Waals surface area (Å²) in [6, 6.07) is 6.14. The highest BCUT2D eigenvalue weighted by atomic mass is 16.5. The van der Waals surface area contributed by atoms with Crippen LogP contribution in [0, 0.1) is 11.8 Å². The first kappa shape index (κ1) is 37.1. The van der Waals surface area contributed by atoms with E-state index in [0.29, 0.717) is 13.0 Å². The number of aliphatic hydroxyl groups excluding tert-OH is 1. The van der Waals surface area contributed by atoms with Gasteiger partial charge in [-0.15, -0.1) is 0 Å². The Labute approximate surface area is 254 Å². The molecular weight excluding hydrogens is 556 g/mol. The number of amides is 4. The van der Waals surface area contributed by atoms with Crippen LogP contribution in [0.2, 0.25) is 0 Å². The van der Waals surface area contributed by atoms with Gasteiger partial charge in [-0.1, -0.05) is 77.4 Å². The maximum atomic E-state index is 13.0. The Morgan fingerprint density at radius 2 is 1.53 bits per heavy atom. The number of alkyl carbamates (subject to hydrolysis) is 1. The van der Waals surface area contributed by atoms with Crippen LogP contribution in [0.3, 0.4) is 0 Å². The van der Waals surface area contributed by atoms with Crippen molar-refractivity contribution in [1.29, 1.82) is 0 Å². The van der Waals surface area contributed by atoms with E-state index in [0.717, 1.165) is 31.1 Å². The number of aliphatic hydroxyl groups is 1. The number of hydrogen-bond acceptors (Lipinski definition) is 8. The van der Waals surface area contributed by atoms with Gasteiger partial charge in [-0.25, -0.2) is 9.59 Å². The van der Waals surface area contributed by atoms with Crippen LogP contribution < -0.4 is 21.3 Å². The van der Waals surface area contributed by atoms with Gasteiger partial charge >= 0.3 is 12.1 Å². The van der Waals surface area contributed by atoms with Gasteiger partial charge in [0, 0.05) is 13.0 Å². The molecule has 0 aliphatic rings. The number of unbranched alkanes of at least 4 members (excludes halogenated alkanes) is 3. The predicted molar refractivity (Wildman–Crippen MR) is 161 cm³/mol. The summed E-state index contributed by atoms with van der Waals surface area (Å²) in [5.74, 6) is -2.64. The van der Waals surface area contributed by atoms with Gasteiger partial charge in [-0.3, -0.25) is 14.4 Å². The highest BCUT2D eigenvalue weighted by Gasteiger charge is 2.31. The van der Waals surface area contributed by atoms with Crippen LogP contribution in [0.25, 0.3) is 0 Å². The van der Waals surface area contributed by atoms with Crippen molar-refractivity contribution in [1.82, 2.24) is 21.3 Å². The molecule has 0 bridgehead atoms. The van der Waals surface area contributed by atoms with Crippen LogP contribution in [-0.2, 0) is 35.3 Å². The van der Waals surface area contributed by atoms with Gasteiger partial charge in [-0.2, -0.15) is 0 Å². The first-order valence-corrected chi connectivity index (χ1v) is 14.7. The standard InChI is InChI=1S/C31H48N4O8/c1-6-42-30(40)24(18-21(2)3)33-28(38)25(19-36)34-29(39)27(22(4)5)35-26(37)16-12-7-8-13-17-32-31(41)43-20-23-14-10-9-11-15-23/h6,9-11,14-15,21-22,24-25,27,36H,1,7-8,12-13,16-20H2,2-5H3,(H,32,41)(H,33,38)(H,34,39)(H,35,37)/t24-,25-,27-/m0/s1. The summed E-state index contributed by atoms with van der Waals surface area (Å²) in [7, 11) is 0. The minimum atomic E-state index is -1.33. The highest BCUT2D eigenvalue weighted by molar-refractivity contribution is 5.93.